The highest BCUT2D eigenvalue weighted by Crippen LogP contribution is 2.06. The van der Waals surface area contributed by atoms with Crippen molar-refractivity contribution >= 4 is 5.91 Å². The number of hydrogen-bond acceptors (Lipinski definition) is 4. The fourth-order valence-corrected chi connectivity index (χ4v) is 1.20. The third-order valence-electron chi connectivity index (χ3n) is 2.52. The molecule has 0 radical (unpaired) electrons. The molecule has 5 heteroatoms. The summed E-state index contributed by atoms with van der Waals surface area (Å²) in [6.07, 6.45) is 1.58. The van der Waals surface area contributed by atoms with Crippen LogP contribution in [0.4, 0.5) is 0 Å². The summed E-state index contributed by atoms with van der Waals surface area (Å²) in [5.74, 6) is -0.146. The maximum atomic E-state index is 11.8. The molecule has 1 aromatic heterocycles. The van der Waals surface area contributed by atoms with Gasteiger partial charge >= 0.3 is 0 Å². The highest BCUT2D eigenvalue weighted by atomic mass is 16.5. The van der Waals surface area contributed by atoms with Crippen LogP contribution in [0.2, 0.25) is 0 Å². The van der Waals surface area contributed by atoms with Gasteiger partial charge in [-0.05, 0) is 26.0 Å². The maximum absolute atomic E-state index is 11.8. The molecule has 1 heterocycles. The van der Waals surface area contributed by atoms with Gasteiger partial charge in [-0.3, -0.25) is 9.78 Å². The molecule has 0 saturated heterocycles. The Morgan fingerprint density at radius 3 is 2.88 bits per heavy atom. The van der Waals surface area contributed by atoms with Gasteiger partial charge in [0.15, 0.2) is 0 Å². The van der Waals surface area contributed by atoms with Crippen LogP contribution in [-0.4, -0.2) is 30.1 Å². The number of nitrogens with one attached hydrogen (secondary N) is 1. The van der Waals surface area contributed by atoms with E-state index >= 15 is 0 Å². The normalized spacial score (nSPS) is 11.3. The van der Waals surface area contributed by atoms with Crippen molar-refractivity contribution in [3.63, 3.8) is 0 Å². The number of carbonyl (C=O) groups excluding carboxylic acids is 1. The van der Waals surface area contributed by atoms with E-state index in [1.807, 2.05) is 13.8 Å². The van der Waals surface area contributed by atoms with Gasteiger partial charge in [-0.25, -0.2) is 0 Å². The largest absolute Gasteiger partial charge is 0.377 e. The molecule has 0 atom stereocenters. The van der Waals surface area contributed by atoms with Crippen molar-refractivity contribution in [2.75, 3.05) is 13.7 Å². The van der Waals surface area contributed by atoms with E-state index in [0.29, 0.717) is 24.3 Å². The molecular weight excluding hydrogens is 218 g/mol. The van der Waals surface area contributed by atoms with Crippen molar-refractivity contribution in [3.8, 4) is 0 Å². The van der Waals surface area contributed by atoms with Crippen LogP contribution in [0.25, 0.3) is 0 Å². The Balaban J connectivity index is 2.64. The molecule has 0 aliphatic heterocycles. The monoisotopic (exact) mass is 237 g/mol. The van der Waals surface area contributed by atoms with E-state index in [0.717, 1.165) is 0 Å². The van der Waals surface area contributed by atoms with Crippen molar-refractivity contribution in [3.05, 3.63) is 29.6 Å². The Morgan fingerprint density at radius 2 is 2.29 bits per heavy atom. The summed E-state index contributed by atoms with van der Waals surface area (Å²) in [5.41, 5.74) is 6.35. The Bertz CT molecular complexity index is 391. The van der Waals surface area contributed by atoms with Crippen molar-refractivity contribution in [2.24, 2.45) is 5.73 Å². The minimum Gasteiger partial charge on any atom is -0.377 e. The van der Waals surface area contributed by atoms with Crippen LogP contribution in [0.1, 0.15) is 29.9 Å². The highest BCUT2D eigenvalue weighted by molar-refractivity contribution is 5.94. The van der Waals surface area contributed by atoms with Crippen LogP contribution in [0.5, 0.6) is 0 Å². The van der Waals surface area contributed by atoms with E-state index < -0.39 is 0 Å². The molecule has 1 amide bonds. The average Bonchev–Trinajstić information content (AvgIpc) is 2.36. The fourth-order valence-electron chi connectivity index (χ4n) is 1.20. The zero-order chi connectivity index (χ0) is 12.9. The Labute approximate surface area is 101 Å². The number of carbonyl (C=O) groups is 1. The summed E-state index contributed by atoms with van der Waals surface area (Å²) in [7, 11) is 1.62. The first-order chi connectivity index (χ1) is 7.98. The highest BCUT2D eigenvalue weighted by Gasteiger charge is 2.17. The molecule has 0 spiro atoms. The number of methoxy groups -OCH3 is 1. The number of nitrogens with zero attached hydrogens (tertiary/aromatic N) is 1. The second-order valence-electron chi connectivity index (χ2n) is 4.39. The molecule has 0 aliphatic rings. The second-order valence-corrected chi connectivity index (χ2v) is 4.39. The standard InChI is InChI=1S/C12H19N3O2/c1-12(2,17-3)8-15-11(16)9-4-5-14-10(6-9)7-13/h4-6H,7-8,13H2,1-3H3,(H,15,16). The molecule has 3 N–H and O–H groups in total. The smallest absolute Gasteiger partial charge is 0.251 e. The van der Waals surface area contributed by atoms with Gasteiger partial charge in [-0.15, -0.1) is 0 Å². The molecule has 1 aromatic rings. The van der Waals surface area contributed by atoms with Crippen LogP contribution >= 0.6 is 0 Å². The molecule has 5 nitrogen and oxygen atoms in total. The van der Waals surface area contributed by atoms with E-state index in [-0.39, 0.29) is 11.5 Å². The van der Waals surface area contributed by atoms with Crippen molar-refractivity contribution in [1.29, 1.82) is 0 Å². The zero-order valence-corrected chi connectivity index (χ0v) is 10.5. The van der Waals surface area contributed by atoms with Crippen LogP contribution in [0, 0.1) is 0 Å². The summed E-state index contributed by atoms with van der Waals surface area (Å²) in [4.78, 5) is 15.9. The van der Waals surface area contributed by atoms with Crippen molar-refractivity contribution < 1.29 is 9.53 Å². The third-order valence-corrected chi connectivity index (χ3v) is 2.52. The Kier molecular flexibility index (Phi) is 4.60. The number of ether oxygens (including phenoxy) is 1. The van der Waals surface area contributed by atoms with E-state index in [1.165, 1.54) is 0 Å². The van der Waals surface area contributed by atoms with Gasteiger partial charge in [0.25, 0.3) is 5.91 Å². The molecule has 0 fully saturated rings. The SMILES string of the molecule is COC(C)(C)CNC(=O)c1ccnc(CN)c1. The van der Waals surface area contributed by atoms with Crippen molar-refractivity contribution in [2.45, 2.75) is 26.0 Å². The lowest BCUT2D eigenvalue weighted by molar-refractivity contribution is 0.0229. The Hall–Kier alpha value is -1.46. The van der Waals surface area contributed by atoms with Gasteiger partial charge in [0.1, 0.15) is 0 Å². The number of aromatic nitrogens is 1. The molecule has 0 aliphatic carbocycles. The first-order valence-electron chi connectivity index (χ1n) is 5.47. The van der Waals surface area contributed by atoms with Gasteiger partial charge in [0.05, 0.1) is 11.3 Å². The van der Waals surface area contributed by atoms with E-state index in [9.17, 15) is 4.79 Å². The van der Waals surface area contributed by atoms with Crippen LogP contribution in [0.15, 0.2) is 18.3 Å². The van der Waals surface area contributed by atoms with E-state index in [1.54, 1.807) is 25.4 Å². The Morgan fingerprint density at radius 1 is 1.59 bits per heavy atom. The van der Waals surface area contributed by atoms with Crippen LogP contribution in [0.3, 0.4) is 0 Å². The molecule has 1 rings (SSSR count). The number of pyridine rings is 1. The number of amides is 1. The lowest BCUT2D eigenvalue weighted by Gasteiger charge is -2.23. The zero-order valence-electron chi connectivity index (χ0n) is 10.5. The molecular formula is C12H19N3O2. The summed E-state index contributed by atoms with van der Waals surface area (Å²) < 4.78 is 5.22. The van der Waals surface area contributed by atoms with E-state index in [4.69, 9.17) is 10.5 Å². The van der Waals surface area contributed by atoms with Gasteiger partial charge in [0, 0.05) is 32.0 Å². The predicted molar refractivity (Wildman–Crippen MR) is 65.5 cm³/mol. The first kappa shape index (κ1) is 13.6. The number of hydrogen-bond donors (Lipinski definition) is 2. The number of rotatable bonds is 5. The topological polar surface area (TPSA) is 77.2 Å². The van der Waals surface area contributed by atoms with Gasteiger partial charge in [0.2, 0.25) is 0 Å². The van der Waals surface area contributed by atoms with Gasteiger partial charge in [-0.2, -0.15) is 0 Å². The minimum absolute atomic E-state index is 0.146. The average molecular weight is 237 g/mol. The van der Waals surface area contributed by atoms with Gasteiger partial charge < -0.3 is 15.8 Å². The van der Waals surface area contributed by atoms with Gasteiger partial charge in [-0.1, -0.05) is 0 Å². The van der Waals surface area contributed by atoms with Crippen LogP contribution in [-0.2, 0) is 11.3 Å². The summed E-state index contributed by atoms with van der Waals surface area (Å²) in [6.45, 7) is 4.59. The molecule has 0 saturated carbocycles. The molecule has 17 heavy (non-hydrogen) atoms. The quantitative estimate of drug-likeness (QED) is 0.790. The molecule has 94 valence electrons. The van der Waals surface area contributed by atoms with Crippen LogP contribution < -0.4 is 11.1 Å². The summed E-state index contributed by atoms with van der Waals surface area (Å²) >= 11 is 0. The minimum atomic E-state index is -0.376. The molecule has 0 unspecified atom stereocenters. The molecule has 0 aromatic carbocycles. The number of nitrogens with two attached hydrogens (primary N) is 1. The summed E-state index contributed by atoms with van der Waals surface area (Å²) in [6, 6.07) is 3.35. The maximum Gasteiger partial charge on any atom is 0.251 e. The first-order valence-corrected chi connectivity index (χ1v) is 5.47. The lowest BCUT2D eigenvalue weighted by Crippen LogP contribution is -2.39. The second kappa shape index (κ2) is 5.75. The van der Waals surface area contributed by atoms with E-state index in [2.05, 4.69) is 10.3 Å². The predicted octanol–water partition coefficient (Wildman–Crippen LogP) is 0.695. The lowest BCUT2D eigenvalue weighted by atomic mass is 10.1. The molecule has 0 bridgehead atoms. The fraction of sp³-hybridized carbons (Fsp3) is 0.500. The summed E-state index contributed by atoms with van der Waals surface area (Å²) in [5, 5.41) is 2.81. The third kappa shape index (κ3) is 4.13. The van der Waals surface area contributed by atoms with Crippen molar-refractivity contribution in [1.82, 2.24) is 10.3 Å².